The molecular formula is C11H14N2O2S. The van der Waals surface area contributed by atoms with Gasteiger partial charge in [0.05, 0.1) is 6.61 Å². The molecule has 0 aliphatic rings. The summed E-state index contributed by atoms with van der Waals surface area (Å²) in [5.74, 6) is 0.800. The van der Waals surface area contributed by atoms with Crippen molar-refractivity contribution in [1.29, 1.82) is 0 Å². The van der Waals surface area contributed by atoms with Crippen LogP contribution in [0.15, 0.2) is 33.9 Å². The number of nitrogens with two attached hydrogens (primary N) is 1. The topological polar surface area (TPSA) is 72.3 Å². The largest absolute Gasteiger partial charge is 0.431 e. The molecule has 1 aromatic heterocycles. The van der Waals surface area contributed by atoms with Crippen LogP contribution in [-0.2, 0) is 0 Å². The number of fused-ring (bicyclic) bond motifs is 1. The summed E-state index contributed by atoms with van der Waals surface area (Å²) in [6, 6.07) is 7.51. The van der Waals surface area contributed by atoms with Crippen molar-refractivity contribution in [2.24, 2.45) is 5.73 Å². The number of benzene rings is 1. The fraction of sp³-hybridized carbons (Fsp3) is 0.364. The van der Waals surface area contributed by atoms with E-state index in [9.17, 15) is 0 Å². The Kier molecular flexibility index (Phi) is 3.82. The van der Waals surface area contributed by atoms with Gasteiger partial charge >= 0.3 is 0 Å². The zero-order valence-electron chi connectivity index (χ0n) is 8.80. The van der Waals surface area contributed by atoms with Crippen LogP contribution >= 0.6 is 11.8 Å². The second kappa shape index (κ2) is 5.34. The number of oxazole rings is 1. The van der Waals surface area contributed by atoms with Crippen molar-refractivity contribution in [2.45, 2.75) is 17.7 Å². The number of nitrogens with zero attached hydrogens (tertiary/aromatic N) is 1. The van der Waals surface area contributed by atoms with E-state index in [1.54, 1.807) is 0 Å². The summed E-state index contributed by atoms with van der Waals surface area (Å²) in [7, 11) is 0. The van der Waals surface area contributed by atoms with Gasteiger partial charge in [-0.15, -0.1) is 0 Å². The first-order valence-corrected chi connectivity index (χ1v) is 6.13. The maximum Gasteiger partial charge on any atom is 0.256 e. The molecule has 1 heterocycles. The highest BCUT2D eigenvalue weighted by Gasteiger charge is 2.06. The molecule has 0 aliphatic heterocycles. The third-order valence-electron chi connectivity index (χ3n) is 2.22. The minimum atomic E-state index is -0.156. The van der Waals surface area contributed by atoms with Crippen LogP contribution in [0.5, 0.6) is 0 Å². The summed E-state index contributed by atoms with van der Waals surface area (Å²) in [4.78, 5) is 4.33. The van der Waals surface area contributed by atoms with E-state index in [1.807, 2.05) is 24.3 Å². The van der Waals surface area contributed by atoms with Gasteiger partial charge in [-0.2, -0.15) is 0 Å². The standard InChI is InChI=1S/C11H14N2O2S/c12-8(7-14)5-6-16-11-13-9-3-1-2-4-10(9)15-11/h1-4,8,14H,5-7,12H2. The highest BCUT2D eigenvalue weighted by atomic mass is 32.2. The van der Waals surface area contributed by atoms with E-state index in [2.05, 4.69) is 4.98 Å². The van der Waals surface area contributed by atoms with Crippen molar-refractivity contribution in [2.75, 3.05) is 12.4 Å². The molecule has 2 rings (SSSR count). The van der Waals surface area contributed by atoms with Crippen LogP contribution in [0.1, 0.15) is 6.42 Å². The third-order valence-corrected chi connectivity index (χ3v) is 3.08. The zero-order chi connectivity index (χ0) is 11.4. The first-order valence-electron chi connectivity index (χ1n) is 5.14. The number of hydrogen-bond donors (Lipinski definition) is 2. The molecule has 4 nitrogen and oxygen atoms in total. The molecule has 2 aromatic rings. The molecule has 0 saturated heterocycles. The predicted molar refractivity (Wildman–Crippen MR) is 64.4 cm³/mol. The maximum atomic E-state index is 8.77. The van der Waals surface area contributed by atoms with Gasteiger partial charge in [0, 0.05) is 11.8 Å². The Morgan fingerprint density at radius 2 is 2.25 bits per heavy atom. The van der Waals surface area contributed by atoms with E-state index < -0.39 is 0 Å². The van der Waals surface area contributed by atoms with Crippen LogP contribution in [-0.4, -0.2) is 28.5 Å². The number of aliphatic hydroxyl groups excluding tert-OH is 1. The molecule has 86 valence electrons. The van der Waals surface area contributed by atoms with Crippen molar-refractivity contribution >= 4 is 22.9 Å². The summed E-state index contributed by atoms with van der Waals surface area (Å²) < 4.78 is 5.53. The lowest BCUT2D eigenvalue weighted by molar-refractivity contribution is 0.263. The minimum absolute atomic E-state index is 0.0219. The Bertz CT molecular complexity index is 425. The molecule has 0 saturated carbocycles. The van der Waals surface area contributed by atoms with Crippen LogP contribution < -0.4 is 5.73 Å². The van der Waals surface area contributed by atoms with Gasteiger partial charge < -0.3 is 15.3 Å². The van der Waals surface area contributed by atoms with Crippen LogP contribution in [0.4, 0.5) is 0 Å². The average Bonchev–Trinajstić information content (AvgIpc) is 2.71. The Hall–Kier alpha value is -1.04. The van der Waals surface area contributed by atoms with Crippen LogP contribution in [0, 0.1) is 0 Å². The predicted octanol–water partition coefficient (Wildman–Crippen LogP) is 1.63. The van der Waals surface area contributed by atoms with E-state index >= 15 is 0 Å². The average molecular weight is 238 g/mol. The van der Waals surface area contributed by atoms with E-state index in [-0.39, 0.29) is 12.6 Å². The van der Waals surface area contributed by atoms with Gasteiger partial charge in [0.15, 0.2) is 5.58 Å². The number of aliphatic hydroxyl groups is 1. The lowest BCUT2D eigenvalue weighted by atomic mass is 10.3. The molecule has 1 aromatic carbocycles. The first kappa shape index (κ1) is 11.4. The van der Waals surface area contributed by atoms with Gasteiger partial charge in [0.25, 0.3) is 5.22 Å². The van der Waals surface area contributed by atoms with Gasteiger partial charge in [-0.05, 0) is 18.6 Å². The van der Waals surface area contributed by atoms with Crippen LogP contribution in [0.25, 0.3) is 11.1 Å². The second-order valence-electron chi connectivity index (χ2n) is 3.53. The SMILES string of the molecule is NC(CO)CCSc1nc2ccccc2o1. The lowest BCUT2D eigenvalue weighted by Gasteiger charge is -2.04. The summed E-state index contributed by atoms with van der Waals surface area (Å²) in [5, 5.41) is 9.43. The molecule has 0 amide bonds. The molecule has 1 unspecified atom stereocenters. The van der Waals surface area contributed by atoms with Crippen LogP contribution in [0.2, 0.25) is 0 Å². The molecule has 5 heteroatoms. The minimum Gasteiger partial charge on any atom is -0.431 e. The number of thioether (sulfide) groups is 1. The van der Waals surface area contributed by atoms with E-state index in [4.69, 9.17) is 15.3 Å². The van der Waals surface area contributed by atoms with Gasteiger partial charge in [0.2, 0.25) is 0 Å². The van der Waals surface area contributed by atoms with Gasteiger partial charge in [0.1, 0.15) is 5.52 Å². The van der Waals surface area contributed by atoms with Crippen molar-refractivity contribution in [1.82, 2.24) is 4.98 Å². The number of hydrogen-bond acceptors (Lipinski definition) is 5. The number of para-hydroxylation sites is 2. The fourth-order valence-electron chi connectivity index (χ4n) is 1.30. The molecule has 0 bridgehead atoms. The summed E-state index contributed by atoms with van der Waals surface area (Å²) in [6.07, 6.45) is 0.750. The molecule has 16 heavy (non-hydrogen) atoms. The monoisotopic (exact) mass is 238 g/mol. The Morgan fingerprint density at radius 1 is 1.44 bits per heavy atom. The lowest BCUT2D eigenvalue weighted by Crippen LogP contribution is -2.24. The smallest absolute Gasteiger partial charge is 0.256 e. The van der Waals surface area contributed by atoms with Crippen molar-refractivity contribution < 1.29 is 9.52 Å². The highest BCUT2D eigenvalue weighted by molar-refractivity contribution is 7.99. The second-order valence-corrected chi connectivity index (χ2v) is 4.57. The first-order chi connectivity index (χ1) is 7.79. The zero-order valence-corrected chi connectivity index (χ0v) is 9.61. The van der Waals surface area contributed by atoms with Gasteiger partial charge in [-0.1, -0.05) is 23.9 Å². The molecule has 0 aliphatic carbocycles. The molecule has 0 radical (unpaired) electrons. The molecule has 1 atom stereocenters. The quantitative estimate of drug-likeness (QED) is 0.775. The fourth-order valence-corrected chi connectivity index (χ4v) is 2.21. The van der Waals surface area contributed by atoms with Gasteiger partial charge in [-0.3, -0.25) is 0 Å². The number of rotatable bonds is 5. The Labute approximate surface area is 97.8 Å². The molecule has 3 N–H and O–H groups in total. The molecule has 0 spiro atoms. The normalized spacial score (nSPS) is 13.1. The third kappa shape index (κ3) is 2.75. The summed E-state index contributed by atoms with van der Waals surface area (Å²) >= 11 is 1.52. The molecular weight excluding hydrogens is 224 g/mol. The van der Waals surface area contributed by atoms with Crippen molar-refractivity contribution in [3.05, 3.63) is 24.3 Å². The molecule has 0 fully saturated rings. The summed E-state index contributed by atoms with van der Waals surface area (Å²) in [5.41, 5.74) is 7.27. The van der Waals surface area contributed by atoms with Crippen molar-refractivity contribution in [3.63, 3.8) is 0 Å². The Balaban J connectivity index is 1.94. The maximum absolute atomic E-state index is 8.77. The van der Waals surface area contributed by atoms with E-state index in [0.29, 0.717) is 5.22 Å². The van der Waals surface area contributed by atoms with E-state index in [1.165, 1.54) is 11.8 Å². The Morgan fingerprint density at radius 3 is 3.00 bits per heavy atom. The van der Waals surface area contributed by atoms with E-state index in [0.717, 1.165) is 23.3 Å². The highest BCUT2D eigenvalue weighted by Crippen LogP contribution is 2.23. The van der Waals surface area contributed by atoms with Crippen LogP contribution in [0.3, 0.4) is 0 Å². The number of aromatic nitrogens is 1. The van der Waals surface area contributed by atoms with Gasteiger partial charge in [-0.25, -0.2) is 4.98 Å². The summed E-state index contributed by atoms with van der Waals surface area (Å²) in [6.45, 7) is 0.0219. The van der Waals surface area contributed by atoms with Crippen molar-refractivity contribution in [3.8, 4) is 0 Å².